The molecule has 5 nitrogen and oxygen atoms in total. The van der Waals surface area contributed by atoms with Crippen LogP contribution in [0.4, 0.5) is 4.39 Å². The van der Waals surface area contributed by atoms with Gasteiger partial charge in [-0.05, 0) is 30.0 Å². The first kappa shape index (κ1) is 17.1. The van der Waals surface area contributed by atoms with Gasteiger partial charge in [-0.1, -0.05) is 26.0 Å². The van der Waals surface area contributed by atoms with E-state index in [0.717, 1.165) is 6.07 Å². The number of halogens is 1. The highest BCUT2D eigenvalue weighted by Gasteiger charge is 2.22. The van der Waals surface area contributed by atoms with Gasteiger partial charge in [-0.2, -0.15) is 0 Å². The molecule has 0 saturated heterocycles. The molecule has 116 valence electrons. The van der Waals surface area contributed by atoms with Gasteiger partial charge in [0.2, 0.25) is 5.91 Å². The maximum absolute atomic E-state index is 13.0. The molecule has 0 aliphatic rings. The zero-order chi connectivity index (χ0) is 16.0. The normalized spacial score (nSPS) is 13.8. The van der Waals surface area contributed by atoms with Crippen LogP contribution in [0.1, 0.15) is 38.4 Å². The zero-order valence-electron chi connectivity index (χ0n) is 12.0. The smallest absolute Gasteiger partial charge is 0.326 e. The van der Waals surface area contributed by atoms with Crippen molar-refractivity contribution in [2.24, 2.45) is 5.92 Å². The van der Waals surface area contributed by atoms with Crippen molar-refractivity contribution in [1.82, 2.24) is 5.32 Å². The second kappa shape index (κ2) is 7.73. The zero-order valence-corrected chi connectivity index (χ0v) is 12.0. The van der Waals surface area contributed by atoms with E-state index in [2.05, 4.69) is 5.32 Å². The number of carbonyl (C=O) groups excluding carboxylic acids is 1. The van der Waals surface area contributed by atoms with Gasteiger partial charge in [0.05, 0.1) is 12.5 Å². The van der Waals surface area contributed by atoms with Crippen LogP contribution in [0.5, 0.6) is 0 Å². The summed E-state index contributed by atoms with van der Waals surface area (Å²) in [6, 6.07) is 4.33. The lowest BCUT2D eigenvalue weighted by Crippen LogP contribution is -2.42. The quantitative estimate of drug-likeness (QED) is 0.717. The average Bonchev–Trinajstić information content (AvgIpc) is 2.37. The van der Waals surface area contributed by atoms with E-state index < -0.39 is 29.8 Å². The van der Waals surface area contributed by atoms with Crippen molar-refractivity contribution in [2.75, 3.05) is 0 Å². The van der Waals surface area contributed by atoms with Crippen LogP contribution in [0.2, 0.25) is 0 Å². The van der Waals surface area contributed by atoms with E-state index in [9.17, 15) is 19.1 Å². The van der Waals surface area contributed by atoms with Crippen LogP contribution < -0.4 is 5.32 Å². The Bertz CT molecular complexity index is 504. The summed E-state index contributed by atoms with van der Waals surface area (Å²) in [5.74, 6) is -2.09. The van der Waals surface area contributed by atoms with E-state index in [0.29, 0.717) is 6.42 Å². The Morgan fingerprint density at radius 3 is 2.52 bits per heavy atom. The van der Waals surface area contributed by atoms with E-state index in [-0.39, 0.29) is 17.9 Å². The van der Waals surface area contributed by atoms with Gasteiger partial charge < -0.3 is 15.5 Å². The maximum Gasteiger partial charge on any atom is 0.326 e. The van der Waals surface area contributed by atoms with Gasteiger partial charge in [-0.15, -0.1) is 0 Å². The van der Waals surface area contributed by atoms with Crippen molar-refractivity contribution in [3.05, 3.63) is 35.6 Å². The number of rotatable bonds is 7. The SMILES string of the molecule is CC(C)C[C@@H](NC(=O)CC(O)c1cccc(F)c1)C(=O)O. The third-order valence-electron chi connectivity index (χ3n) is 2.95. The van der Waals surface area contributed by atoms with Gasteiger partial charge in [-0.3, -0.25) is 4.79 Å². The minimum absolute atomic E-state index is 0.111. The molecule has 3 N–H and O–H groups in total. The number of carboxylic acids is 1. The fourth-order valence-electron chi connectivity index (χ4n) is 1.95. The van der Waals surface area contributed by atoms with Crippen molar-refractivity contribution in [3.8, 4) is 0 Å². The molecule has 0 aliphatic heterocycles. The summed E-state index contributed by atoms with van der Waals surface area (Å²) in [6.07, 6.45) is -1.18. The summed E-state index contributed by atoms with van der Waals surface area (Å²) in [5, 5.41) is 21.3. The predicted molar refractivity (Wildman–Crippen MR) is 75.0 cm³/mol. The molecule has 1 aromatic carbocycles. The number of aliphatic hydroxyl groups is 1. The molecule has 1 amide bonds. The van der Waals surface area contributed by atoms with Crippen molar-refractivity contribution in [2.45, 2.75) is 38.8 Å². The summed E-state index contributed by atoms with van der Waals surface area (Å²) >= 11 is 0. The molecule has 0 bridgehead atoms. The van der Waals surface area contributed by atoms with Gasteiger partial charge in [-0.25, -0.2) is 9.18 Å². The number of aliphatic carboxylic acids is 1. The number of amides is 1. The van der Waals surface area contributed by atoms with Gasteiger partial charge in [0.25, 0.3) is 0 Å². The Kier molecular flexibility index (Phi) is 6.30. The Hall–Kier alpha value is -1.95. The summed E-state index contributed by atoms with van der Waals surface area (Å²) in [5.41, 5.74) is 0.279. The molecule has 0 aromatic heterocycles. The lowest BCUT2D eigenvalue weighted by molar-refractivity contribution is -0.142. The molecule has 0 saturated carbocycles. The third-order valence-corrected chi connectivity index (χ3v) is 2.95. The van der Waals surface area contributed by atoms with Crippen molar-refractivity contribution in [3.63, 3.8) is 0 Å². The first-order chi connectivity index (χ1) is 9.79. The molecule has 1 rings (SSSR count). The summed E-state index contributed by atoms with van der Waals surface area (Å²) < 4.78 is 13.0. The van der Waals surface area contributed by atoms with Crippen LogP contribution >= 0.6 is 0 Å². The van der Waals surface area contributed by atoms with Gasteiger partial charge >= 0.3 is 5.97 Å². The second-order valence-electron chi connectivity index (χ2n) is 5.36. The van der Waals surface area contributed by atoms with Gasteiger partial charge in [0.1, 0.15) is 11.9 Å². The highest BCUT2D eigenvalue weighted by molar-refractivity contribution is 5.83. The minimum Gasteiger partial charge on any atom is -0.480 e. The lowest BCUT2D eigenvalue weighted by atomic mass is 10.0. The fourth-order valence-corrected chi connectivity index (χ4v) is 1.95. The molecule has 0 fully saturated rings. The van der Waals surface area contributed by atoms with Crippen molar-refractivity contribution >= 4 is 11.9 Å². The van der Waals surface area contributed by atoms with Crippen molar-refractivity contribution in [1.29, 1.82) is 0 Å². The second-order valence-corrected chi connectivity index (χ2v) is 5.36. The standard InChI is InChI=1S/C15H20FNO4/c1-9(2)6-12(15(20)21)17-14(19)8-13(18)10-4-3-5-11(16)7-10/h3-5,7,9,12-13,18H,6,8H2,1-2H3,(H,17,19)(H,20,21)/t12-,13?/m1/s1. The van der Waals surface area contributed by atoms with Crippen LogP contribution in [-0.4, -0.2) is 28.1 Å². The molecule has 0 heterocycles. The Balaban J connectivity index is 2.61. The number of carboxylic acid groups (broad SMARTS) is 1. The maximum atomic E-state index is 13.0. The molecular weight excluding hydrogens is 277 g/mol. The minimum atomic E-state index is -1.17. The van der Waals surface area contributed by atoms with E-state index in [1.807, 2.05) is 13.8 Å². The van der Waals surface area contributed by atoms with E-state index in [4.69, 9.17) is 5.11 Å². The van der Waals surface area contributed by atoms with E-state index in [1.165, 1.54) is 18.2 Å². The van der Waals surface area contributed by atoms with E-state index in [1.54, 1.807) is 0 Å². The number of hydrogen-bond donors (Lipinski definition) is 3. The molecule has 0 radical (unpaired) electrons. The fraction of sp³-hybridized carbons (Fsp3) is 0.467. The topological polar surface area (TPSA) is 86.6 Å². The summed E-state index contributed by atoms with van der Waals surface area (Å²) in [7, 11) is 0. The van der Waals surface area contributed by atoms with E-state index >= 15 is 0 Å². The largest absolute Gasteiger partial charge is 0.480 e. The predicted octanol–water partition coefficient (Wildman–Crippen LogP) is 1.86. The molecule has 1 unspecified atom stereocenters. The molecule has 2 atom stereocenters. The Morgan fingerprint density at radius 1 is 1.33 bits per heavy atom. The summed E-state index contributed by atoms with van der Waals surface area (Å²) in [6.45, 7) is 3.70. The highest BCUT2D eigenvalue weighted by Crippen LogP contribution is 2.17. The van der Waals surface area contributed by atoms with Crippen LogP contribution in [0.3, 0.4) is 0 Å². The Morgan fingerprint density at radius 2 is 2.00 bits per heavy atom. The lowest BCUT2D eigenvalue weighted by Gasteiger charge is -2.18. The molecule has 1 aromatic rings. The number of benzene rings is 1. The number of nitrogens with one attached hydrogen (secondary N) is 1. The van der Waals surface area contributed by atoms with Crippen molar-refractivity contribution < 1.29 is 24.2 Å². The molecule has 0 spiro atoms. The van der Waals surface area contributed by atoms with Crippen LogP contribution in [0.25, 0.3) is 0 Å². The first-order valence-corrected chi connectivity index (χ1v) is 6.75. The van der Waals surface area contributed by atoms with Gasteiger partial charge in [0, 0.05) is 0 Å². The van der Waals surface area contributed by atoms with Crippen LogP contribution in [-0.2, 0) is 9.59 Å². The highest BCUT2D eigenvalue weighted by atomic mass is 19.1. The first-order valence-electron chi connectivity index (χ1n) is 6.75. The van der Waals surface area contributed by atoms with Crippen LogP contribution in [0.15, 0.2) is 24.3 Å². The molecular formula is C15H20FNO4. The number of hydrogen-bond acceptors (Lipinski definition) is 3. The Labute approximate surface area is 122 Å². The number of aliphatic hydroxyl groups excluding tert-OH is 1. The molecule has 6 heteroatoms. The third kappa shape index (κ3) is 5.91. The monoisotopic (exact) mass is 297 g/mol. The average molecular weight is 297 g/mol. The van der Waals surface area contributed by atoms with Gasteiger partial charge in [0.15, 0.2) is 0 Å². The number of carbonyl (C=O) groups is 2. The molecule has 0 aliphatic carbocycles. The molecule has 21 heavy (non-hydrogen) atoms. The van der Waals surface area contributed by atoms with Crippen LogP contribution in [0, 0.1) is 11.7 Å². The summed E-state index contributed by atoms with van der Waals surface area (Å²) in [4.78, 5) is 22.8.